The quantitative estimate of drug-likeness (QED) is 0.219. The van der Waals surface area contributed by atoms with E-state index in [0.717, 1.165) is 5.01 Å². The van der Waals surface area contributed by atoms with Gasteiger partial charge in [-0.05, 0) is 93.6 Å². The predicted octanol–water partition coefficient (Wildman–Crippen LogP) is 6.74. The number of benzene rings is 3. The van der Waals surface area contributed by atoms with Crippen LogP contribution in [0, 0.1) is 29.5 Å². The van der Waals surface area contributed by atoms with Crippen LogP contribution < -0.4 is 10.2 Å². The summed E-state index contributed by atoms with van der Waals surface area (Å²) in [6.45, 7) is 5.44. The summed E-state index contributed by atoms with van der Waals surface area (Å²) in [7, 11) is 1.42. The van der Waals surface area contributed by atoms with Gasteiger partial charge in [-0.15, -0.1) is 0 Å². The summed E-state index contributed by atoms with van der Waals surface area (Å²) in [5.74, 6) is -6.31. The van der Waals surface area contributed by atoms with Crippen molar-refractivity contribution in [3.8, 4) is 11.5 Å². The van der Waals surface area contributed by atoms with Gasteiger partial charge in [0, 0.05) is 26.5 Å². The van der Waals surface area contributed by atoms with E-state index in [2.05, 4.69) is 21.4 Å². The maximum absolute atomic E-state index is 15.2. The van der Waals surface area contributed by atoms with E-state index in [4.69, 9.17) is 16.3 Å². The van der Waals surface area contributed by atoms with Gasteiger partial charge in [0.25, 0.3) is 11.8 Å². The van der Waals surface area contributed by atoms with Crippen molar-refractivity contribution in [1.82, 2.24) is 9.91 Å². The Morgan fingerprint density at radius 1 is 0.980 bits per heavy atom. The van der Waals surface area contributed by atoms with Crippen molar-refractivity contribution in [3.63, 3.8) is 0 Å². The number of allylic oxidation sites excluding steroid dienone is 2. The molecule has 2 heterocycles. The highest BCUT2D eigenvalue weighted by Gasteiger charge is 2.71. The topological polar surface area (TPSA) is 116 Å². The van der Waals surface area contributed by atoms with Crippen molar-refractivity contribution >= 4 is 56.8 Å². The molecule has 2 N–H and O–H groups in total. The van der Waals surface area contributed by atoms with Crippen LogP contribution in [0.5, 0.6) is 11.5 Å². The van der Waals surface area contributed by atoms with Crippen LogP contribution in [0.15, 0.2) is 76.8 Å². The number of hydrogen-bond donors (Lipinski definition) is 2. The number of carbonyl (C=O) groups excluding carboxylic acids is 4. The standard InChI is InChI=1S/C37H34BrClFN3O6/c1-36(2,3)42-32(45)24-14-13-23-25(29(24)34(42)47)17-27-33(46)43(41-22-11-9-21(40)10-12-22)35(48)37(27,18-5-7-20(39)8-6-18)30(23)26-15-19(38)16-28(49-4)31(26)44/h5-13,15-16,24-25,27,29-30,41,44H,14,17H2,1-4H3/t24-,25+,27-,29-,30+,37+/m0/s1. The third-order valence-corrected chi connectivity index (χ3v) is 11.2. The smallest absolute Gasteiger partial charge is 0.260 e. The Morgan fingerprint density at radius 3 is 2.29 bits per heavy atom. The Bertz CT molecular complexity index is 1940. The molecule has 7 rings (SSSR count). The highest BCUT2D eigenvalue weighted by molar-refractivity contribution is 9.10. The monoisotopic (exact) mass is 749 g/mol. The highest BCUT2D eigenvalue weighted by atomic mass is 79.9. The molecule has 12 heteroatoms. The van der Waals surface area contributed by atoms with Gasteiger partial charge in [0.05, 0.1) is 36.0 Å². The Morgan fingerprint density at radius 2 is 1.65 bits per heavy atom. The maximum atomic E-state index is 15.2. The molecule has 2 aliphatic carbocycles. The number of phenols is 1. The summed E-state index contributed by atoms with van der Waals surface area (Å²) in [5, 5.41) is 13.2. The molecule has 2 saturated heterocycles. The normalized spacial score (nSPS) is 27.9. The van der Waals surface area contributed by atoms with Crippen LogP contribution in [0.3, 0.4) is 0 Å². The van der Waals surface area contributed by atoms with E-state index < -0.39 is 58.2 Å². The molecule has 254 valence electrons. The largest absolute Gasteiger partial charge is 0.504 e. The van der Waals surface area contributed by atoms with Crippen molar-refractivity contribution in [3.05, 3.63) is 98.8 Å². The van der Waals surface area contributed by atoms with Gasteiger partial charge in [-0.25, -0.2) is 4.39 Å². The number of amides is 4. The predicted molar refractivity (Wildman–Crippen MR) is 183 cm³/mol. The van der Waals surface area contributed by atoms with E-state index in [0.29, 0.717) is 31.9 Å². The van der Waals surface area contributed by atoms with Gasteiger partial charge in [-0.3, -0.25) is 29.5 Å². The van der Waals surface area contributed by atoms with Crippen LogP contribution in [0.2, 0.25) is 5.02 Å². The van der Waals surface area contributed by atoms with Crippen LogP contribution in [-0.4, -0.2) is 51.3 Å². The summed E-state index contributed by atoms with van der Waals surface area (Å²) < 4.78 is 19.9. The molecular weight excluding hydrogens is 717 g/mol. The third-order valence-electron chi connectivity index (χ3n) is 10.5. The zero-order chi connectivity index (χ0) is 35.2. The number of anilines is 1. The van der Waals surface area contributed by atoms with Gasteiger partial charge in [0.2, 0.25) is 11.8 Å². The van der Waals surface area contributed by atoms with Crippen molar-refractivity contribution in [2.45, 2.75) is 50.5 Å². The van der Waals surface area contributed by atoms with Crippen molar-refractivity contribution in [2.24, 2.45) is 23.7 Å². The van der Waals surface area contributed by atoms with Crippen molar-refractivity contribution in [1.29, 1.82) is 0 Å². The average molecular weight is 751 g/mol. The minimum absolute atomic E-state index is 0.0845. The first-order valence-corrected chi connectivity index (χ1v) is 17.2. The van der Waals surface area contributed by atoms with Gasteiger partial charge in [0.15, 0.2) is 11.5 Å². The fourth-order valence-corrected chi connectivity index (χ4v) is 9.21. The summed E-state index contributed by atoms with van der Waals surface area (Å²) in [5.41, 5.74) is 2.31. The SMILES string of the molecule is COc1cc(Br)cc([C@H]2C3=CC[C@@H]4C(=O)N(C(C)(C)C)C(=O)[C@@H]4[C@@H]3C[C@H]3C(=O)N(Nc4ccc(F)cc4)C(=O)[C@@]23c2ccc(Cl)cc2)c1O. The summed E-state index contributed by atoms with van der Waals surface area (Å²) in [4.78, 5) is 59.3. The van der Waals surface area contributed by atoms with E-state index >= 15 is 4.79 Å². The fourth-order valence-electron chi connectivity index (χ4n) is 8.63. The van der Waals surface area contributed by atoms with E-state index in [1.54, 1.807) is 36.4 Å². The second kappa shape index (κ2) is 11.7. The molecule has 3 aromatic carbocycles. The molecule has 9 nitrogen and oxygen atoms in total. The Labute approximate surface area is 296 Å². The molecule has 2 aliphatic heterocycles. The lowest BCUT2D eigenvalue weighted by molar-refractivity contribution is -0.146. The van der Waals surface area contributed by atoms with E-state index in [1.807, 2.05) is 26.8 Å². The minimum atomic E-state index is -1.64. The zero-order valence-electron chi connectivity index (χ0n) is 27.2. The van der Waals surface area contributed by atoms with Gasteiger partial charge in [-0.1, -0.05) is 51.3 Å². The van der Waals surface area contributed by atoms with Crippen LogP contribution in [-0.2, 0) is 24.6 Å². The van der Waals surface area contributed by atoms with E-state index in [-0.39, 0.29) is 36.2 Å². The maximum Gasteiger partial charge on any atom is 0.260 e. The fraction of sp³-hybridized carbons (Fsp3) is 0.351. The summed E-state index contributed by atoms with van der Waals surface area (Å²) in [6, 6.07) is 15.3. The lowest BCUT2D eigenvalue weighted by Crippen LogP contribution is -2.53. The highest BCUT2D eigenvalue weighted by Crippen LogP contribution is 2.65. The number of methoxy groups -OCH3 is 1. The first kappa shape index (κ1) is 33.3. The molecule has 0 bridgehead atoms. The molecule has 6 atom stereocenters. The van der Waals surface area contributed by atoms with Crippen LogP contribution >= 0.6 is 27.5 Å². The number of imide groups is 2. The van der Waals surface area contributed by atoms with Gasteiger partial charge < -0.3 is 9.84 Å². The van der Waals surface area contributed by atoms with Crippen LogP contribution in [0.25, 0.3) is 0 Å². The molecule has 49 heavy (non-hydrogen) atoms. The number of phenolic OH excluding ortho intramolecular Hbond substituents is 1. The molecule has 0 spiro atoms. The second-order valence-corrected chi connectivity index (χ2v) is 15.5. The number of rotatable bonds is 5. The number of halogens is 3. The van der Waals surface area contributed by atoms with Crippen LogP contribution in [0.4, 0.5) is 10.1 Å². The van der Waals surface area contributed by atoms with Gasteiger partial charge >= 0.3 is 0 Å². The number of hydrogen-bond acceptors (Lipinski definition) is 7. The minimum Gasteiger partial charge on any atom is -0.504 e. The molecule has 1 saturated carbocycles. The summed E-state index contributed by atoms with van der Waals surface area (Å²) >= 11 is 9.88. The first-order chi connectivity index (χ1) is 23.2. The molecule has 0 aromatic heterocycles. The lowest BCUT2D eigenvalue weighted by atomic mass is 9.49. The second-order valence-electron chi connectivity index (χ2n) is 14.1. The number of carbonyl (C=O) groups is 4. The Kier molecular flexibility index (Phi) is 7.94. The average Bonchev–Trinajstić information content (AvgIpc) is 3.44. The molecule has 0 unspecified atom stereocenters. The third kappa shape index (κ3) is 4.91. The molecule has 3 aromatic rings. The number of nitrogens with one attached hydrogen (secondary N) is 1. The molecule has 0 radical (unpaired) electrons. The lowest BCUT2D eigenvalue weighted by Gasteiger charge is -2.50. The van der Waals surface area contributed by atoms with E-state index in [9.17, 15) is 23.9 Å². The van der Waals surface area contributed by atoms with Gasteiger partial charge in [0.1, 0.15) is 5.82 Å². The molecule has 3 fully saturated rings. The number of ether oxygens (including phenoxy) is 1. The van der Waals surface area contributed by atoms with Crippen LogP contribution in [0.1, 0.15) is 50.7 Å². The number of likely N-dealkylation sites (tertiary alicyclic amines) is 1. The van der Waals surface area contributed by atoms with Crippen molar-refractivity contribution < 1.29 is 33.4 Å². The first-order valence-electron chi connectivity index (χ1n) is 16.0. The number of nitrogens with zero attached hydrogens (tertiary/aromatic N) is 2. The van der Waals surface area contributed by atoms with Crippen molar-refractivity contribution in [2.75, 3.05) is 12.5 Å². The summed E-state index contributed by atoms with van der Waals surface area (Å²) in [6.07, 6.45) is 2.25. The number of aromatic hydroxyl groups is 1. The Balaban J connectivity index is 1.50. The van der Waals surface area contributed by atoms with E-state index in [1.165, 1.54) is 36.3 Å². The zero-order valence-corrected chi connectivity index (χ0v) is 29.5. The molecule has 4 amide bonds. The molecular formula is C37H34BrClFN3O6. The molecule has 4 aliphatic rings. The van der Waals surface area contributed by atoms with Gasteiger partial charge in [-0.2, -0.15) is 5.01 Å². The number of hydrazine groups is 1. The number of fused-ring (bicyclic) bond motifs is 4. The Hall–Kier alpha value is -4.22.